The van der Waals surface area contributed by atoms with Gasteiger partial charge < -0.3 is 0 Å². The molecule has 4 heteroatoms. The number of carbonyl (C=O) groups excluding carboxylic acids is 2. The Bertz CT molecular complexity index is 972. The molecule has 0 aromatic heterocycles. The molecule has 4 rings (SSSR count). The summed E-state index contributed by atoms with van der Waals surface area (Å²) >= 11 is 4.11. The second-order valence-electron chi connectivity index (χ2n) is 15.4. The summed E-state index contributed by atoms with van der Waals surface area (Å²) in [6.07, 6.45) is 12.8. The lowest BCUT2D eigenvalue weighted by Crippen LogP contribution is -2.48. The van der Waals surface area contributed by atoms with E-state index in [1.54, 1.807) is 0 Å². The minimum Gasteiger partial charge on any atom is -0.289 e. The average Bonchev–Trinajstić information content (AvgIpc) is 2.92. The Morgan fingerprint density at radius 2 is 0.778 bits per heavy atom. The van der Waals surface area contributed by atoms with E-state index >= 15 is 0 Å². The first kappa shape index (κ1) is 28.0. The van der Waals surface area contributed by atoms with E-state index < -0.39 is 9.49 Å². The first-order valence-corrected chi connectivity index (χ1v) is 15.1. The Kier molecular flexibility index (Phi) is 6.23. The highest BCUT2D eigenvalue weighted by molar-refractivity contribution is 8.23. The van der Waals surface area contributed by atoms with Gasteiger partial charge in [0.15, 0.2) is 11.6 Å². The van der Waals surface area contributed by atoms with Crippen LogP contribution in [-0.2, 0) is 9.59 Å². The molecule has 1 heterocycles. The van der Waals surface area contributed by atoms with Crippen LogP contribution in [0.4, 0.5) is 0 Å². The van der Waals surface area contributed by atoms with Crippen LogP contribution in [0.1, 0.15) is 102 Å². The number of hydrogen-bond acceptors (Lipinski definition) is 4. The van der Waals surface area contributed by atoms with Crippen molar-refractivity contribution in [2.24, 2.45) is 21.7 Å². The van der Waals surface area contributed by atoms with E-state index in [0.29, 0.717) is 0 Å². The summed E-state index contributed by atoms with van der Waals surface area (Å²) in [5.41, 5.74) is 2.56. The summed E-state index contributed by atoms with van der Waals surface area (Å²) in [7, 11) is 0. The number of ketones is 2. The van der Waals surface area contributed by atoms with Gasteiger partial charge in [-0.2, -0.15) is 0 Å². The topological polar surface area (TPSA) is 34.1 Å². The fourth-order valence-electron chi connectivity index (χ4n) is 5.76. The molecular weight excluding hydrogens is 480 g/mol. The van der Waals surface area contributed by atoms with Gasteiger partial charge in [0.25, 0.3) is 0 Å². The predicted molar refractivity (Wildman–Crippen MR) is 157 cm³/mol. The van der Waals surface area contributed by atoms with E-state index in [2.05, 4.69) is 131 Å². The van der Waals surface area contributed by atoms with Crippen LogP contribution in [0.25, 0.3) is 0 Å². The Balaban J connectivity index is 2.12. The zero-order valence-electron chi connectivity index (χ0n) is 24.6. The van der Waals surface area contributed by atoms with Gasteiger partial charge in [0, 0.05) is 22.3 Å². The minimum absolute atomic E-state index is 0.110. The lowest BCUT2D eigenvalue weighted by molar-refractivity contribution is -0.115. The molecule has 3 aliphatic carbocycles. The largest absolute Gasteiger partial charge is 0.289 e. The van der Waals surface area contributed by atoms with E-state index in [-0.39, 0.29) is 37.3 Å². The summed E-state index contributed by atoms with van der Waals surface area (Å²) in [5.74, 6) is 0.366. The van der Waals surface area contributed by atoms with Crippen molar-refractivity contribution in [2.45, 2.75) is 116 Å². The zero-order valence-corrected chi connectivity index (χ0v) is 26.2. The monoisotopic (exact) mass is 526 g/mol. The lowest BCUT2D eigenvalue weighted by atomic mass is 9.65. The van der Waals surface area contributed by atoms with E-state index in [0.717, 1.165) is 22.3 Å². The van der Waals surface area contributed by atoms with E-state index in [9.17, 15) is 9.59 Å². The molecule has 2 nitrogen and oxygen atoms in total. The molecule has 1 saturated heterocycles. The van der Waals surface area contributed by atoms with Crippen molar-refractivity contribution in [1.29, 1.82) is 0 Å². The minimum atomic E-state index is -0.426. The van der Waals surface area contributed by atoms with Gasteiger partial charge in [-0.1, -0.05) is 107 Å². The molecule has 198 valence electrons. The van der Waals surface area contributed by atoms with Crippen LogP contribution in [0.5, 0.6) is 0 Å². The Morgan fingerprint density at radius 1 is 0.528 bits per heavy atom. The summed E-state index contributed by atoms with van der Waals surface area (Å²) in [4.78, 5) is 27.9. The zero-order chi connectivity index (χ0) is 27.3. The Labute approximate surface area is 228 Å². The highest BCUT2D eigenvalue weighted by Gasteiger charge is 2.66. The molecule has 0 radical (unpaired) electrons. The van der Waals surface area contributed by atoms with Crippen LogP contribution in [-0.4, -0.2) is 25.1 Å². The van der Waals surface area contributed by atoms with Gasteiger partial charge in [-0.05, 0) is 40.9 Å². The van der Waals surface area contributed by atoms with Gasteiger partial charge in [-0.25, -0.2) is 0 Å². The molecule has 0 unspecified atom stereocenters. The molecule has 0 aromatic rings. The van der Waals surface area contributed by atoms with Gasteiger partial charge in [-0.3, -0.25) is 9.59 Å². The number of carbonyl (C=O) groups is 2. The van der Waals surface area contributed by atoms with Gasteiger partial charge in [0.1, 0.15) is 0 Å². The first-order chi connectivity index (χ1) is 16.1. The number of fused-ring (bicyclic) bond motifs is 1. The third-order valence-electron chi connectivity index (χ3n) is 8.08. The number of rotatable bonds is 0. The third-order valence-corrected chi connectivity index (χ3v) is 12.1. The molecule has 0 amide bonds. The SMILES string of the molecule is CC(C)(C)C1=CC2(C=C(C(C)(C)C)C1=O)SC1(CCC1)SC21C=C(C(C)(C)C)C(=O)C(C(C)(C)C)=C1. The number of hydrogen-bond donors (Lipinski definition) is 0. The normalized spacial score (nSPS) is 25.6. The Morgan fingerprint density at radius 3 is 0.944 bits per heavy atom. The van der Waals surface area contributed by atoms with Crippen LogP contribution in [0, 0.1) is 21.7 Å². The van der Waals surface area contributed by atoms with Crippen LogP contribution >= 0.6 is 23.5 Å². The van der Waals surface area contributed by atoms with Crippen LogP contribution in [0.15, 0.2) is 46.6 Å². The van der Waals surface area contributed by atoms with E-state index in [4.69, 9.17) is 0 Å². The van der Waals surface area contributed by atoms with Crippen molar-refractivity contribution in [3.63, 3.8) is 0 Å². The predicted octanol–water partition coefficient (Wildman–Crippen LogP) is 8.88. The van der Waals surface area contributed by atoms with Gasteiger partial charge >= 0.3 is 0 Å². The molecule has 2 fully saturated rings. The van der Waals surface area contributed by atoms with E-state index in [1.165, 1.54) is 19.3 Å². The molecule has 3 spiro atoms. The fraction of sp³-hybridized carbons (Fsp3) is 0.688. The van der Waals surface area contributed by atoms with Gasteiger partial charge in [0.2, 0.25) is 0 Å². The lowest BCUT2D eigenvalue weighted by Gasteiger charge is -2.46. The molecule has 0 N–H and O–H groups in total. The molecule has 0 atom stereocenters. The highest BCUT2D eigenvalue weighted by atomic mass is 32.2. The summed E-state index contributed by atoms with van der Waals surface area (Å²) < 4.78 is -0.741. The molecule has 0 bridgehead atoms. The summed E-state index contributed by atoms with van der Waals surface area (Å²) in [6.45, 7) is 25.9. The number of thioether (sulfide) groups is 2. The molecule has 36 heavy (non-hydrogen) atoms. The number of allylic oxidation sites excluding steroid dienone is 4. The van der Waals surface area contributed by atoms with Crippen molar-refractivity contribution in [3.8, 4) is 0 Å². The molecule has 0 aromatic carbocycles. The summed E-state index contributed by atoms with van der Waals surface area (Å²) in [6, 6.07) is 0. The van der Waals surface area contributed by atoms with E-state index in [1.807, 2.05) is 0 Å². The second kappa shape index (κ2) is 8.01. The van der Waals surface area contributed by atoms with Crippen molar-refractivity contribution in [1.82, 2.24) is 0 Å². The highest BCUT2D eigenvalue weighted by Crippen LogP contribution is 2.74. The van der Waals surface area contributed by atoms with Crippen molar-refractivity contribution >= 4 is 35.1 Å². The van der Waals surface area contributed by atoms with Crippen LogP contribution in [0.2, 0.25) is 0 Å². The smallest absolute Gasteiger partial charge is 0.185 e. The van der Waals surface area contributed by atoms with Crippen molar-refractivity contribution in [3.05, 3.63) is 46.6 Å². The third kappa shape index (κ3) is 4.36. The van der Waals surface area contributed by atoms with Crippen LogP contribution < -0.4 is 0 Å². The first-order valence-electron chi connectivity index (χ1n) is 13.5. The maximum Gasteiger partial charge on any atom is 0.185 e. The Hall–Kier alpha value is -1.00. The van der Waals surface area contributed by atoms with Crippen LogP contribution in [0.3, 0.4) is 0 Å². The van der Waals surface area contributed by atoms with Crippen molar-refractivity contribution in [2.75, 3.05) is 0 Å². The molecule has 4 aliphatic rings. The average molecular weight is 527 g/mol. The van der Waals surface area contributed by atoms with Gasteiger partial charge in [0.05, 0.1) is 13.6 Å². The molecular formula is C32H46O2S2. The molecule has 1 saturated carbocycles. The standard InChI is InChI=1S/C32H46O2S2/c1-26(2,3)20-16-30(17-21(24(20)33)27(4,5)6)31(36-32(35-30)14-13-15-32)18-22(28(7,8)9)25(34)23(19-31)29(10,11)12/h16-19H,13-15H2,1-12H3. The second-order valence-corrected chi connectivity index (χ2v) is 19.0. The maximum atomic E-state index is 13.9. The van der Waals surface area contributed by atoms with Gasteiger partial charge in [-0.15, -0.1) is 23.5 Å². The number of Topliss-reactive ketones (excluding diaryl/α,β-unsaturated/α-hetero) is 2. The quantitative estimate of drug-likeness (QED) is 0.316. The molecule has 1 aliphatic heterocycles. The van der Waals surface area contributed by atoms with Crippen molar-refractivity contribution < 1.29 is 9.59 Å². The summed E-state index contributed by atoms with van der Waals surface area (Å²) in [5, 5.41) is 0. The fourth-order valence-corrected chi connectivity index (χ4v) is 10.5. The maximum absolute atomic E-state index is 13.9.